The summed E-state index contributed by atoms with van der Waals surface area (Å²) in [6.45, 7) is 3.04. The molecule has 1 aromatic heterocycles. The van der Waals surface area contributed by atoms with E-state index in [0.29, 0.717) is 22.7 Å². The Labute approximate surface area is 157 Å². The number of amides is 1. The number of rotatable bonds is 5. The van der Waals surface area contributed by atoms with Gasteiger partial charge < -0.3 is 19.7 Å². The standard InChI is InChI=1S/C21H19N3O3/c1-2-24(17-6-4-3-5-7-17)20-11-8-15(13-22-20)21(25)23-16-9-10-18-19(12-16)27-14-26-18/h3-13H,2,14H2,1H3,(H,23,25). The second-order valence-electron chi connectivity index (χ2n) is 6.01. The van der Waals surface area contributed by atoms with Gasteiger partial charge in [0.05, 0.1) is 5.56 Å². The Morgan fingerprint density at radius 2 is 1.89 bits per heavy atom. The van der Waals surface area contributed by atoms with Crippen LogP contribution in [0.5, 0.6) is 11.5 Å². The summed E-state index contributed by atoms with van der Waals surface area (Å²) in [6.07, 6.45) is 1.59. The minimum absolute atomic E-state index is 0.202. The number of para-hydroxylation sites is 1. The van der Waals surface area contributed by atoms with Gasteiger partial charge in [0.2, 0.25) is 6.79 Å². The maximum Gasteiger partial charge on any atom is 0.257 e. The monoisotopic (exact) mass is 361 g/mol. The van der Waals surface area contributed by atoms with E-state index in [1.54, 1.807) is 30.5 Å². The minimum Gasteiger partial charge on any atom is -0.454 e. The lowest BCUT2D eigenvalue weighted by molar-refractivity contribution is 0.102. The maximum atomic E-state index is 12.5. The van der Waals surface area contributed by atoms with Crippen molar-refractivity contribution >= 4 is 23.1 Å². The number of pyridine rings is 1. The van der Waals surface area contributed by atoms with Crippen LogP contribution in [0.4, 0.5) is 17.2 Å². The van der Waals surface area contributed by atoms with Gasteiger partial charge in [-0.2, -0.15) is 0 Å². The molecule has 0 unspecified atom stereocenters. The van der Waals surface area contributed by atoms with Crippen molar-refractivity contribution in [2.24, 2.45) is 0 Å². The molecule has 1 aliphatic heterocycles. The molecule has 3 aromatic rings. The second kappa shape index (κ2) is 7.37. The van der Waals surface area contributed by atoms with Gasteiger partial charge in [-0.05, 0) is 43.3 Å². The van der Waals surface area contributed by atoms with E-state index in [1.807, 2.05) is 36.4 Å². The molecule has 0 atom stereocenters. The summed E-state index contributed by atoms with van der Waals surface area (Å²) in [5, 5.41) is 2.85. The van der Waals surface area contributed by atoms with Crippen LogP contribution in [-0.4, -0.2) is 24.2 Å². The van der Waals surface area contributed by atoms with Crippen molar-refractivity contribution in [1.29, 1.82) is 0 Å². The Hall–Kier alpha value is -3.54. The Morgan fingerprint density at radius 3 is 2.63 bits per heavy atom. The number of hydrogen-bond donors (Lipinski definition) is 1. The van der Waals surface area contributed by atoms with Crippen LogP contribution in [0.25, 0.3) is 0 Å². The van der Waals surface area contributed by atoms with E-state index in [4.69, 9.17) is 9.47 Å². The zero-order valence-corrected chi connectivity index (χ0v) is 14.9. The molecule has 0 fully saturated rings. The first kappa shape index (κ1) is 16.9. The van der Waals surface area contributed by atoms with E-state index in [2.05, 4.69) is 22.1 Å². The molecule has 0 spiro atoms. The van der Waals surface area contributed by atoms with Crippen LogP contribution in [-0.2, 0) is 0 Å². The highest BCUT2D eigenvalue weighted by atomic mass is 16.7. The Kier molecular flexibility index (Phi) is 4.61. The second-order valence-corrected chi connectivity index (χ2v) is 6.01. The number of carbonyl (C=O) groups is 1. The summed E-state index contributed by atoms with van der Waals surface area (Å²) >= 11 is 0. The summed E-state index contributed by atoms with van der Waals surface area (Å²) in [5.41, 5.74) is 2.19. The van der Waals surface area contributed by atoms with Gasteiger partial charge in [0.25, 0.3) is 5.91 Å². The van der Waals surface area contributed by atoms with Gasteiger partial charge >= 0.3 is 0 Å². The van der Waals surface area contributed by atoms with Gasteiger partial charge in [-0.3, -0.25) is 4.79 Å². The van der Waals surface area contributed by atoms with Gasteiger partial charge in [-0.15, -0.1) is 0 Å². The molecule has 27 heavy (non-hydrogen) atoms. The fourth-order valence-electron chi connectivity index (χ4n) is 2.94. The lowest BCUT2D eigenvalue weighted by Crippen LogP contribution is -2.18. The molecule has 6 nitrogen and oxygen atoms in total. The summed E-state index contributed by atoms with van der Waals surface area (Å²) < 4.78 is 10.6. The highest BCUT2D eigenvalue weighted by molar-refractivity contribution is 6.04. The SMILES string of the molecule is CCN(c1ccccc1)c1ccc(C(=O)Nc2ccc3c(c2)OCO3)cn1. The summed E-state index contributed by atoms with van der Waals surface area (Å²) in [5.74, 6) is 1.88. The Bertz CT molecular complexity index is 943. The van der Waals surface area contributed by atoms with Crippen molar-refractivity contribution in [2.75, 3.05) is 23.6 Å². The number of aromatic nitrogens is 1. The molecule has 1 aliphatic rings. The molecule has 6 heteroatoms. The van der Waals surface area contributed by atoms with Crippen LogP contribution < -0.4 is 19.7 Å². The van der Waals surface area contributed by atoms with Gasteiger partial charge in [-0.1, -0.05) is 18.2 Å². The Morgan fingerprint density at radius 1 is 1.07 bits per heavy atom. The molecule has 0 saturated carbocycles. The van der Waals surface area contributed by atoms with Gasteiger partial charge in [0.1, 0.15) is 5.82 Å². The van der Waals surface area contributed by atoms with Gasteiger partial charge in [0, 0.05) is 30.2 Å². The lowest BCUT2D eigenvalue weighted by Gasteiger charge is -2.22. The average Bonchev–Trinajstić information content (AvgIpc) is 3.18. The molecule has 4 rings (SSSR count). The smallest absolute Gasteiger partial charge is 0.257 e. The minimum atomic E-state index is -0.226. The lowest BCUT2D eigenvalue weighted by atomic mass is 10.2. The number of fused-ring (bicyclic) bond motifs is 1. The van der Waals surface area contributed by atoms with E-state index in [1.165, 1.54) is 0 Å². The number of nitrogens with zero attached hydrogens (tertiary/aromatic N) is 2. The van der Waals surface area contributed by atoms with Crippen molar-refractivity contribution in [1.82, 2.24) is 4.98 Å². The number of nitrogens with one attached hydrogen (secondary N) is 1. The van der Waals surface area contributed by atoms with E-state index in [0.717, 1.165) is 18.1 Å². The van der Waals surface area contributed by atoms with Crippen LogP contribution in [0, 0.1) is 0 Å². The first-order valence-corrected chi connectivity index (χ1v) is 8.74. The normalized spacial score (nSPS) is 11.9. The van der Waals surface area contributed by atoms with E-state index in [9.17, 15) is 4.79 Å². The summed E-state index contributed by atoms with van der Waals surface area (Å²) in [4.78, 5) is 19.0. The van der Waals surface area contributed by atoms with Gasteiger partial charge in [-0.25, -0.2) is 4.98 Å². The van der Waals surface area contributed by atoms with E-state index < -0.39 is 0 Å². The number of anilines is 3. The molecule has 1 N–H and O–H groups in total. The number of carbonyl (C=O) groups excluding carboxylic acids is 1. The molecular formula is C21H19N3O3. The molecule has 2 heterocycles. The van der Waals surface area contributed by atoms with E-state index >= 15 is 0 Å². The van der Waals surface area contributed by atoms with Crippen LogP contribution in [0.3, 0.4) is 0 Å². The zero-order chi connectivity index (χ0) is 18.6. The van der Waals surface area contributed by atoms with Crippen molar-refractivity contribution in [3.8, 4) is 11.5 Å². The zero-order valence-electron chi connectivity index (χ0n) is 14.9. The van der Waals surface area contributed by atoms with Crippen LogP contribution in [0.15, 0.2) is 66.9 Å². The fourth-order valence-corrected chi connectivity index (χ4v) is 2.94. The van der Waals surface area contributed by atoms with Crippen LogP contribution >= 0.6 is 0 Å². The van der Waals surface area contributed by atoms with Crippen LogP contribution in [0.1, 0.15) is 17.3 Å². The molecule has 1 amide bonds. The summed E-state index contributed by atoms with van der Waals surface area (Å²) in [6, 6.07) is 19.0. The third kappa shape index (κ3) is 3.55. The first-order chi connectivity index (χ1) is 13.2. The molecule has 0 bridgehead atoms. The predicted molar refractivity (Wildman–Crippen MR) is 104 cm³/mol. The molecule has 2 aromatic carbocycles. The molecule has 0 saturated heterocycles. The maximum absolute atomic E-state index is 12.5. The molecule has 0 aliphatic carbocycles. The molecule has 136 valence electrons. The highest BCUT2D eigenvalue weighted by Gasteiger charge is 2.15. The fraction of sp³-hybridized carbons (Fsp3) is 0.143. The number of benzene rings is 2. The predicted octanol–water partition coefficient (Wildman–Crippen LogP) is 4.22. The van der Waals surface area contributed by atoms with E-state index in [-0.39, 0.29) is 12.7 Å². The Balaban J connectivity index is 1.49. The van der Waals surface area contributed by atoms with Crippen molar-refractivity contribution in [2.45, 2.75) is 6.92 Å². The molecular weight excluding hydrogens is 342 g/mol. The van der Waals surface area contributed by atoms with Crippen molar-refractivity contribution in [3.05, 3.63) is 72.4 Å². The topological polar surface area (TPSA) is 63.7 Å². The summed E-state index contributed by atoms with van der Waals surface area (Å²) in [7, 11) is 0. The van der Waals surface area contributed by atoms with Crippen molar-refractivity contribution < 1.29 is 14.3 Å². The largest absolute Gasteiger partial charge is 0.454 e. The van der Waals surface area contributed by atoms with Crippen molar-refractivity contribution in [3.63, 3.8) is 0 Å². The third-order valence-corrected chi connectivity index (χ3v) is 4.30. The molecule has 0 radical (unpaired) electrons. The third-order valence-electron chi connectivity index (χ3n) is 4.30. The van der Waals surface area contributed by atoms with Gasteiger partial charge in [0.15, 0.2) is 11.5 Å². The number of ether oxygens (including phenoxy) is 2. The van der Waals surface area contributed by atoms with Crippen LogP contribution in [0.2, 0.25) is 0 Å². The first-order valence-electron chi connectivity index (χ1n) is 8.74. The number of hydrogen-bond acceptors (Lipinski definition) is 5. The quantitative estimate of drug-likeness (QED) is 0.737. The average molecular weight is 361 g/mol. The highest BCUT2D eigenvalue weighted by Crippen LogP contribution is 2.34.